The van der Waals surface area contributed by atoms with Crippen LogP contribution in [0.2, 0.25) is 0 Å². The van der Waals surface area contributed by atoms with Crippen LogP contribution >= 0.6 is 0 Å². The maximum atomic E-state index is 10.9. The largest absolute Gasteiger partial charge is 0.452 e. The number of halogens is 3. The number of carbonyl (C=O) groups is 1. The predicted octanol–water partition coefficient (Wildman–Crippen LogP) is 0.110. The lowest BCUT2D eigenvalue weighted by Gasteiger charge is -1.98. The fourth-order valence-electron chi connectivity index (χ4n) is 0.0896. The molecule has 1 N–H and O–H groups in total. The van der Waals surface area contributed by atoms with Crippen LogP contribution in [0.15, 0.2) is 0 Å². The monoisotopic (exact) mass is 128 g/mol. The summed E-state index contributed by atoms with van der Waals surface area (Å²) in [7, 11) is 0. The van der Waals surface area contributed by atoms with E-state index in [1.54, 1.807) is 0 Å². The van der Waals surface area contributed by atoms with Gasteiger partial charge in [0.05, 0.1) is 0 Å². The molecule has 0 bridgehead atoms. The van der Waals surface area contributed by atoms with Crippen LogP contribution < -0.4 is 0 Å². The van der Waals surface area contributed by atoms with Crippen LogP contribution in [0.4, 0.5) is 13.2 Å². The summed E-state index contributed by atoms with van der Waals surface area (Å²) in [6.45, 7) is -1.47. The molecule has 0 rings (SSSR count). The topological polar surface area (TPSA) is 37.3 Å². The summed E-state index contributed by atoms with van der Waals surface area (Å²) in [6, 6.07) is 0. The lowest BCUT2D eigenvalue weighted by Crippen LogP contribution is -2.25. The zero-order chi connectivity index (χ0) is 6.78. The maximum Gasteiger partial charge on any atom is 0.452 e. The second kappa shape index (κ2) is 2.13. The van der Waals surface area contributed by atoms with E-state index in [0.717, 1.165) is 0 Å². The number of rotatable bonds is 1. The molecule has 0 aromatic carbocycles. The Balaban J connectivity index is 3.82. The fourth-order valence-corrected chi connectivity index (χ4v) is 0.0896. The number of hydrogen-bond acceptors (Lipinski definition) is 2. The molecular weight excluding hydrogens is 125 g/mol. The maximum absolute atomic E-state index is 10.9. The highest BCUT2D eigenvalue weighted by molar-refractivity contribution is 5.84. The summed E-state index contributed by atoms with van der Waals surface area (Å²) >= 11 is 0. The normalized spacial score (nSPS) is 11.5. The zero-order valence-corrected chi connectivity index (χ0v) is 3.70. The van der Waals surface area contributed by atoms with Gasteiger partial charge in [-0.05, 0) is 0 Å². The van der Waals surface area contributed by atoms with E-state index in [1.165, 1.54) is 0 Å². The smallest absolute Gasteiger partial charge is 0.388 e. The Morgan fingerprint density at radius 2 is 1.88 bits per heavy atom. The summed E-state index contributed by atoms with van der Waals surface area (Å²) in [6.07, 6.45) is -4.88. The van der Waals surface area contributed by atoms with E-state index in [-0.39, 0.29) is 0 Å². The Hall–Kier alpha value is -0.580. The first-order valence-corrected chi connectivity index (χ1v) is 1.69. The SMILES string of the molecule is O=C(CO)C(F)(F)F. The molecule has 0 amide bonds. The van der Waals surface area contributed by atoms with Crippen molar-refractivity contribution in [1.29, 1.82) is 0 Å². The van der Waals surface area contributed by atoms with Crippen molar-refractivity contribution in [3.63, 3.8) is 0 Å². The van der Waals surface area contributed by atoms with Gasteiger partial charge in [-0.15, -0.1) is 0 Å². The van der Waals surface area contributed by atoms with Crippen LogP contribution in [0, 0.1) is 0 Å². The van der Waals surface area contributed by atoms with Gasteiger partial charge in [0.15, 0.2) is 0 Å². The van der Waals surface area contributed by atoms with Gasteiger partial charge < -0.3 is 5.11 Å². The van der Waals surface area contributed by atoms with Crippen molar-refractivity contribution >= 4 is 5.78 Å². The number of carbonyl (C=O) groups excluding carboxylic acids is 1. The van der Waals surface area contributed by atoms with Gasteiger partial charge in [0, 0.05) is 0 Å². The van der Waals surface area contributed by atoms with Crippen molar-refractivity contribution < 1.29 is 23.1 Å². The minimum Gasteiger partial charge on any atom is -0.388 e. The molecule has 0 saturated heterocycles. The molecule has 0 radical (unpaired) electrons. The molecule has 5 heteroatoms. The summed E-state index contributed by atoms with van der Waals surface area (Å²) < 4.78 is 32.8. The van der Waals surface area contributed by atoms with Crippen molar-refractivity contribution in [2.75, 3.05) is 6.61 Å². The first kappa shape index (κ1) is 7.42. The molecule has 48 valence electrons. The van der Waals surface area contributed by atoms with Gasteiger partial charge in [0.25, 0.3) is 5.78 Å². The molecule has 0 fully saturated rings. The quantitative estimate of drug-likeness (QED) is 0.544. The lowest BCUT2D eigenvalue weighted by atomic mass is 10.4. The first-order valence-electron chi connectivity index (χ1n) is 1.69. The van der Waals surface area contributed by atoms with Crippen LogP contribution in [0.3, 0.4) is 0 Å². The van der Waals surface area contributed by atoms with E-state index in [9.17, 15) is 18.0 Å². The van der Waals surface area contributed by atoms with E-state index in [2.05, 4.69) is 0 Å². The van der Waals surface area contributed by atoms with E-state index in [0.29, 0.717) is 0 Å². The lowest BCUT2D eigenvalue weighted by molar-refractivity contribution is -0.173. The van der Waals surface area contributed by atoms with Crippen LogP contribution in [-0.4, -0.2) is 23.7 Å². The molecule has 0 heterocycles. The third kappa shape index (κ3) is 1.92. The molecule has 0 unspecified atom stereocenters. The summed E-state index contributed by atoms with van der Waals surface area (Å²) in [4.78, 5) is 9.46. The summed E-state index contributed by atoms with van der Waals surface area (Å²) in [5, 5.41) is 7.60. The molecule has 2 nitrogen and oxygen atoms in total. The summed E-state index contributed by atoms with van der Waals surface area (Å²) in [5.41, 5.74) is 0. The standard InChI is InChI=1S/C3H3F3O2/c4-3(5,6)2(8)1-7/h7H,1H2. The molecule has 0 aliphatic rings. The number of hydrogen-bond donors (Lipinski definition) is 1. The van der Waals surface area contributed by atoms with Crippen molar-refractivity contribution in [1.82, 2.24) is 0 Å². The number of aliphatic hydroxyl groups excluding tert-OH is 1. The third-order valence-electron chi connectivity index (χ3n) is 0.460. The molecule has 0 aromatic rings. The van der Waals surface area contributed by atoms with E-state index < -0.39 is 18.6 Å². The van der Waals surface area contributed by atoms with E-state index >= 15 is 0 Å². The Kier molecular flexibility index (Phi) is 1.97. The Morgan fingerprint density at radius 3 is 1.88 bits per heavy atom. The second-order valence-corrected chi connectivity index (χ2v) is 1.08. The van der Waals surface area contributed by atoms with Crippen LogP contribution in [-0.2, 0) is 4.79 Å². The zero-order valence-electron chi connectivity index (χ0n) is 3.70. The number of ketones is 1. The molecule has 0 saturated carbocycles. The highest BCUT2D eigenvalue weighted by Gasteiger charge is 2.37. The molecule has 0 spiro atoms. The van der Waals surface area contributed by atoms with Gasteiger partial charge >= 0.3 is 6.18 Å². The molecular formula is C3H3F3O2. The first-order chi connectivity index (χ1) is 3.48. The highest BCUT2D eigenvalue weighted by atomic mass is 19.4. The number of aliphatic hydroxyl groups is 1. The van der Waals surface area contributed by atoms with Gasteiger partial charge in [-0.2, -0.15) is 13.2 Å². The van der Waals surface area contributed by atoms with Crippen molar-refractivity contribution in [3.05, 3.63) is 0 Å². The highest BCUT2D eigenvalue weighted by Crippen LogP contribution is 2.14. The molecule has 0 aromatic heterocycles. The van der Waals surface area contributed by atoms with Gasteiger partial charge in [-0.3, -0.25) is 4.79 Å². The Bertz CT molecular complexity index is 95.2. The van der Waals surface area contributed by atoms with Crippen molar-refractivity contribution in [2.45, 2.75) is 6.18 Å². The second-order valence-electron chi connectivity index (χ2n) is 1.08. The minimum atomic E-state index is -4.88. The number of Topliss-reactive ketones (excluding diaryl/α,β-unsaturated/α-hetero) is 1. The van der Waals surface area contributed by atoms with Crippen molar-refractivity contribution in [2.24, 2.45) is 0 Å². The molecule has 0 aliphatic carbocycles. The van der Waals surface area contributed by atoms with E-state index in [4.69, 9.17) is 5.11 Å². The Morgan fingerprint density at radius 1 is 1.50 bits per heavy atom. The molecule has 8 heavy (non-hydrogen) atoms. The third-order valence-corrected chi connectivity index (χ3v) is 0.460. The predicted molar refractivity (Wildman–Crippen MR) is 18.1 cm³/mol. The van der Waals surface area contributed by atoms with Crippen LogP contribution in [0.25, 0.3) is 0 Å². The minimum absolute atomic E-state index is 1.47. The number of alkyl halides is 3. The van der Waals surface area contributed by atoms with Gasteiger partial charge in [0.2, 0.25) is 0 Å². The van der Waals surface area contributed by atoms with E-state index in [1.807, 2.05) is 0 Å². The summed E-state index contributed by atoms with van der Waals surface area (Å²) in [5.74, 6) is -2.11. The molecule has 0 atom stereocenters. The fraction of sp³-hybridized carbons (Fsp3) is 0.667. The van der Waals surface area contributed by atoms with Gasteiger partial charge in [0.1, 0.15) is 6.61 Å². The average Bonchev–Trinajstić information content (AvgIpc) is 1.62. The van der Waals surface area contributed by atoms with Crippen molar-refractivity contribution in [3.8, 4) is 0 Å². The van der Waals surface area contributed by atoms with Gasteiger partial charge in [-0.1, -0.05) is 0 Å². The average molecular weight is 128 g/mol. The van der Waals surface area contributed by atoms with Crippen LogP contribution in [0.1, 0.15) is 0 Å². The van der Waals surface area contributed by atoms with Crippen LogP contribution in [0.5, 0.6) is 0 Å². The molecule has 0 aliphatic heterocycles. The van der Waals surface area contributed by atoms with Gasteiger partial charge in [-0.25, -0.2) is 0 Å². The Labute approximate surface area is 42.9 Å².